The van der Waals surface area contributed by atoms with Gasteiger partial charge in [0.25, 0.3) is 0 Å². The Morgan fingerprint density at radius 1 is 1.42 bits per heavy atom. The highest BCUT2D eigenvalue weighted by atomic mass is 19.4. The van der Waals surface area contributed by atoms with E-state index in [2.05, 4.69) is 4.98 Å². The van der Waals surface area contributed by atoms with E-state index in [1.54, 1.807) is 0 Å². The monoisotopic (exact) mass is 180 g/mol. The van der Waals surface area contributed by atoms with E-state index < -0.39 is 19.0 Å². The van der Waals surface area contributed by atoms with Gasteiger partial charge in [-0.05, 0) is 0 Å². The average molecular weight is 180 g/mol. The molecule has 4 nitrogen and oxygen atoms in total. The fourth-order valence-corrected chi connectivity index (χ4v) is 0.610. The number of hydrogen-bond acceptors (Lipinski definition) is 3. The third kappa shape index (κ3) is 1.77. The predicted molar refractivity (Wildman–Crippen MR) is 33.4 cm³/mol. The zero-order valence-corrected chi connectivity index (χ0v) is 5.65. The normalized spacial score (nSPS) is 11.8. The van der Waals surface area contributed by atoms with E-state index in [0.717, 1.165) is 0 Å². The van der Waals surface area contributed by atoms with Crippen molar-refractivity contribution in [3.05, 3.63) is 12.5 Å². The zero-order chi connectivity index (χ0) is 9.35. The molecule has 1 heterocycles. The minimum absolute atomic E-state index is 0.165. The molecule has 0 aliphatic rings. The number of aromatic nitrogens is 2. The Morgan fingerprint density at radius 2 is 2.00 bits per heavy atom. The molecule has 0 saturated carbocycles. The number of rotatable bonds is 1. The Kier molecular flexibility index (Phi) is 2.11. The lowest BCUT2D eigenvalue weighted by Gasteiger charge is -2.04. The standard InChI is InChI=1S/C4H4BF3N2O2/c6-4(7,8)10-1-3(5(11)12)9-2-10/h1-2,11-12H. The highest BCUT2D eigenvalue weighted by molar-refractivity contribution is 6.57. The van der Waals surface area contributed by atoms with Crippen LogP contribution in [0.5, 0.6) is 0 Å². The van der Waals surface area contributed by atoms with E-state index in [-0.39, 0.29) is 4.57 Å². The lowest BCUT2D eigenvalue weighted by atomic mass is 9.87. The van der Waals surface area contributed by atoms with Gasteiger partial charge in [0.05, 0.1) is 5.59 Å². The third-order valence-electron chi connectivity index (χ3n) is 1.16. The molecule has 2 N–H and O–H groups in total. The van der Waals surface area contributed by atoms with Crippen molar-refractivity contribution >= 4 is 12.7 Å². The van der Waals surface area contributed by atoms with Crippen molar-refractivity contribution in [1.29, 1.82) is 0 Å². The summed E-state index contributed by atoms with van der Waals surface area (Å²) in [6, 6.07) is 0. The molecule has 12 heavy (non-hydrogen) atoms. The maximum Gasteiger partial charge on any atom is 0.509 e. The molecule has 0 bridgehead atoms. The smallest absolute Gasteiger partial charge is 0.422 e. The maximum absolute atomic E-state index is 11.8. The second kappa shape index (κ2) is 2.79. The minimum atomic E-state index is -4.57. The summed E-state index contributed by atoms with van der Waals surface area (Å²) in [4.78, 5) is 3.13. The molecule has 0 atom stereocenters. The van der Waals surface area contributed by atoms with Gasteiger partial charge in [-0.3, -0.25) is 0 Å². The van der Waals surface area contributed by atoms with Crippen LogP contribution >= 0.6 is 0 Å². The second-order valence-corrected chi connectivity index (χ2v) is 2.05. The summed E-state index contributed by atoms with van der Waals surface area (Å²) in [5.41, 5.74) is -0.438. The molecule has 66 valence electrons. The molecule has 0 aliphatic heterocycles. The Hall–Kier alpha value is -1.02. The molecular weight excluding hydrogens is 176 g/mol. The molecule has 0 saturated heterocycles. The Bertz CT molecular complexity index is 272. The van der Waals surface area contributed by atoms with Gasteiger partial charge in [0, 0.05) is 6.20 Å². The molecular formula is C4H4BF3N2O2. The second-order valence-electron chi connectivity index (χ2n) is 2.05. The first-order chi connectivity index (χ1) is 5.41. The van der Waals surface area contributed by atoms with Gasteiger partial charge in [-0.15, -0.1) is 13.2 Å². The quantitative estimate of drug-likeness (QED) is 0.547. The summed E-state index contributed by atoms with van der Waals surface area (Å²) in [6.45, 7) is 0. The van der Waals surface area contributed by atoms with Crippen LogP contribution in [0.2, 0.25) is 0 Å². The maximum atomic E-state index is 11.8. The fourth-order valence-electron chi connectivity index (χ4n) is 0.610. The molecule has 0 radical (unpaired) electrons. The first kappa shape index (κ1) is 9.08. The lowest BCUT2D eigenvalue weighted by molar-refractivity contribution is -0.204. The average Bonchev–Trinajstić information content (AvgIpc) is 2.30. The molecule has 8 heteroatoms. The SMILES string of the molecule is OB(O)c1cn(C(F)(F)F)cn1. The van der Waals surface area contributed by atoms with E-state index in [4.69, 9.17) is 10.0 Å². The van der Waals surface area contributed by atoms with Crippen LogP contribution < -0.4 is 5.59 Å². The molecule has 0 spiro atoms. The van der Waals surface area contributed by atoms with Gasteiger partial charge in [0.2, 0.25) is 0 Å². The van der Waals surface area contributed by atoms with Gasteiger partial charge in [0.1, 0.15) is 6.33 Å². The summed E-state index contributed by atoms with van der Waals surface area (Å²) < 4.78 is 35.3. The number of imidazole rings is 1. The van der Waals surface area contributed by atoms with Gasteiger partial charge < -0.3 is 10.0 Å². The molecule has 0 aromatic carbocycles. The van der Waals surface area contributed by atoms with Crippen molar-refractivity contribution in [3.8, 4) is 0 Å². The van der Waals surface area contributed by atoms with E-state index in [9.17, 15) is 13.2 Å². The van der Waals surface area contributed by atoms with E-state index in [0.29, 0.717) is 12.5 Å². The van der Waals surface area contributed by atoms with Gasteiger partial charge >= 0.3 is 13.4 Å². The zero-order valence-electron chi connectivity index (χ0n) is 5.65. The highest BCUT2D eigenvalue weighted by Gasteiger charge is 2.31. The predicted octanol–water partition coefficient (Wildman–Crippen LogP) is -0.961. The minimum Gasteiger partial charge on any atom is -0.422 e. The van der Waals surface area contributed by atoms with Crippen LogP contribution in [0.1, 0.15) is 0 Å². The number of halogens is 3. The van der Waals surface area contributed by atoms with Gasteiger partial charge in [0.15, 0.2) is 0 Å². The van der Waals surface area contributed by atoms with Crippen LogP contribution in [0.15, 0.2) is 12.5 Å². The van der Waals surface area contributed by atoms with Crippen molar-refractivity contribution in [2.45, 2.75) is 6.30 Å². The Morgan fingerprint density at radius 3 is 2.25 bits per heavy atom. The first-order valence-electron chi connectivity index (χ1n) is 2.88. The number of hydrogen-bond donors (Lipinski definition) is 2. The summed E-state index contributed by atoms with van der Waals surface area (Å²) in [6.07, 6.45) is -3.60. The molecule has 0 unspecified atom stereocenters. The van der Waals surface area contributed by atoms with E-state index in [1.165, 1.54) is 0 Å². The summed E-state index contributed by atoms with van der Waals surface area (Å²) in [5.74, 6) is 0. The van der Waals surface area contributed by atoms with Crippen LogP contribution in [0, 0.1) is 0 Å². The Balaban J connectivity index is 2.92. The molecule has 1 aromatic rings. The summed E-state index contributed by atoms with van der Waals surface area (Å²) in [7, 11) is -1.98. The van der Waals surface area contributed by atoms with Crippen molar-refractivity contribution in [3.63, 3.8) is 0 Å². The summed E-state index contributed by atoms with van der Waals surface area (Å²) in [5, 5.41) is 16.8. The Labute approximate surface area is 65.4 Å². The topological polar surface area (TPSA) is 58.3 Å². The van der Waals surface area contributed by atoms with E-state index >= 15 is 0 Å². The van der Waals surface area contributed by atoms with Gasteiger partial charge in [-0.1, -0.05) is 0 Å². The van der Waals surface area contributed by atoms with Crippen molar-refractivity contribution < 1.29 is 23.2 Å². The first-order valence-corrected chi connectivity index (χ1v) is 2.88. The number of nitrogens with zero attached hydrogens (tertiary/aromatic N) is 2. The molecule has 0 amide bonds. The molecule has 0 fully saturated rings. The summed E-state index contributed by atoms with van der Waals surface area (Å²) >= 11 is 0. The van der Waals surface area contributed by atoms with Crippen LogP contribution in [-0.2, 0) is 6.30 Å². The van der Waals surface area contributed by atoms with Crippen LogP contribution in [0.25, 0.3) is 0 Å². The fraction of sp³-hybridized carbons (Fsp3) is 0.250. The van der Waals surface area contributed by atoms with Gasteiger partial charge in [-0.25, -0.2) is 9.55 Å². The van der Waals surface area contributed by atoms with Crippen molar-refractivity contribution in [2.75, 3.05) is 0 Å². The van der Waals surface area contributed by atoms with E-state index in [1.807, 2.05) is 0 Å². The van der Waals surface area contributed by atoms with Crippen LogP contribution in [0.4, 0.5) is 13.2 Å². The van der Waals surface area contributed by atoms with Crippen molar-refractivity contribution in [2.24, 2.45) is 0 Å². The largest absolute Gasteiger partial charge is 0.509 e. The number of alkyl halides is 3. The molecule has 0 aliphatic carbocycles. The highest BCUT2D eigenvalue weighted by Crippen LogP contribution is 2.20. The third-order valence-corrected chi connectivity index (χ3v) is 1.16. The van der Waals surface area contributed by atoms with Crippen LogP contribution in [0.3, 0.4) is 0 Å². The van der Waals surface area contributed by atoms with Crippen molar-refractivity contribution in [1.82, 2.24) is 9.55 Å². The van der Waals surface area contributed by atoms with Gasteiger partial charge in [-0.2, -0.15) is 0 Å². The lowest BCUT2D eigenvalue weighted by Crippen LogP contribution is -2.31. The van der Waals surface area contributed by atoms with Crippen LogP contribution in [-0.4, -0.2) is 26.7 Å². The molecule has 1 rings (SSSR count). The molecule has 1 aromatic heterocycles.